The van der Waals surface area contributed by atoms with Crippen LogP contribution in [0.25, 0.3) is 0 Å². The van der Waals surface area contributed by atoms with Gasteiger partial charge in [0.2, 0.25) is 0 Å². The highest BCUT2D eigenvalue weighted by molar-refractivity contribution is 9.10. The van der Waals surface area contributed by atoms with Crippen molar-refractivity contribution in [3.8, 4) is 0 Å². The van der Waals surface area contributed by atoms with Gasteiger partial charge in [0.1, 0.15) is 0 Å². The molecule has 0 saturated carbocycles. The summed E-state index contributed by atoms with van der Waals surface area (Å²) in [6, 6.07) is 8.69. The average molecular weight is 360 g/mol. The van der Waals surface area contributed by atoms with Crippen LogP contribution < -0.4 is 5.73 Å². The number of nitrogen functional groups attached to an aromatic ring is 1. The van der Waals surface area contributed by atoms with E-state index in [1.807, 2.05) is 12.1 Å². The van der Waals surface area contributed by atoms with Gasteiger partial charge in [0, 0.05) is 14.2 Å². The molecule has 0 amide bonds. The molecule has 1 heterocycles. The lowest BCUT2D eigenvalue weighted by Gasteiger charge is -2.06. The van der Waals surface area contributed by atoms with Crippen LogP contribution in [0.5, 0.6) is 0 Å². The third-order valence-corrected chi connectivity index (χ3v) is 6.34. The van der Waals surface area contributed by atoms with Gasteiger partial charge in [-0.2, -0.15) is 0 Å². The molecular formula is C13H14BrNO2S2. The highest BCUT2D eigenvalue weighted by Crippen LogP contribution is 2.28. The van der Waals surface area contributed by atoms with Gasteiger partial charge < -0.3 is 5.73 Å². The molecule has 2 aromatic rings. The molecule has 2 N–H and O–H groups in total. The van der Waals surface area contributed by atoms with Crippen LogP contribution in [0.15, 0.2) is 39.7 Å². The quantitative estimate of drug-likeness (QED) is 0.847. The minimum Gasteiger partial charge on any atom is -0.398 e. The lowest BCUT2D eigenvalue weighted by Crippen LogP contribution is -2.07. The second-order valence-electron chi connectivity index (χ2n) is 4.16. The van der Waals surface area contributed by atoms with E-state index in [0.717, 1.165) is 15.8 Å². The predicted octanol–water partition coefficient (Wildman–Crippen LogP) is 3.63. The maximum atomic E-state index is 12.3. The van der Waals surface area contributed by atoms with E-state index in [1.54, 1.807) is 18.2 Å². The maximum Gasteiger partial charge on any atom is 0.185 e. The molecule has 0 aliphatic carbocycles. The fourth-order valence-corrected chi connectivity index (χ4v) is 4.91. The lowest BCUT2D eigenvalue weighted by molar-refractivity contribution is 0.596. The van der Waals surface area contributed by atoms with Crippen LogP contribution in [-0.2, 0) is 22.0 Å². The number of hydrogen-bond acceptors (Lipinski definition) is 4. The third kappa shape index (κ3) is 3.38. The van der Waals surface area contributed by atoms with Gasteiger partial charge in [-0.3, -0.25) is 0 Å². The van der Waals surface area contributed by atoms with E-state index in [2.05, 4.69) is 22.9 Å². The molecule has 0 fully saturated rings. The number of benzene rings is 1. The van der Waals surface area contributed by atoms with E-state index in [-0.39, 0.29) is 16.3 Å². The number of anilines is 1. The molecule has 2 rings (SSSR count). The molecule has 0 spiro atoms. The number of rotatable bonds is 4. The van der Waals surface area contributed by atoms with Crippen LogP contribution in [0, 0.1) is 0 Å². The van der Waals surface area contributed by atoms with Gasteiger partial charge in [-0.1, -0.05) is 22.9 Å². The standard InChI is InChI=1S/C13H14BrNO2S2/c1-2-10-4-5-11(18-10)8-19(16,17)13-6-3-9(14)7-12(13)15/h3-7H,2,8,15H2,1H3. The van der Waals surface area contributed by atoms with Crippen molar-refractivity contribution in [2.24, 2.45) is 0 Å². The predicted molar refractivity (Wildman–Crippen MR) is 83.1 cm³/mol. The zero-order valence-corrected chi connectivity index (χ0v) is 13.6. The summed E-state index contributed by atoms with van der Waals surface area (Å²) in [5.41, 5.74) is 6.07. The second kappa shape index (κ2) is 5.64. The summed E-state index contributed by atoms with van der Waals surface area (Å²) in [6.45, 7) is 2.05. The monoisotopic (exact) mass is 359 g/mol. The van der Waals surface area contributed by atoms with Gasteiger partial charge in [-0.25, -0.2) is 8.42 Å². The first kappa shape index (κ1) is 14.6. The normalized spacial score (nSPS) is 11.7. The van der Waals surface area contributed by atoms with Crippen molar-refractivity contribution in [1.29, 1.82) is 0 Å². The highest BCUT2D eigenvalue weighted by Gasteiger charge is 2.19. The minimum absolute atomic E-state index is 0.00347. The number of thiophene rings is 1. The van der Waals surface area contributed by atoms with Crippen molar-refractivity contribution < 1.29 is 8.42 Å². The fourth-order valence-electron chi connectivity index (χ4n) is 1.76. The first-order chi connectivity index (χ1) is 8.92. The van der Waals surface area contributed by atoms with Crippen LogP contribution in [0.1, 0.15) is 16.7 Å². The Morgan fingerprint density at radius 2 is 1.89 bits per heavy atom. The summed E-state index contributed by atoms with van der Waals surface area (Å²) in [6.07, 6.45) is 0.922. The smallest absolute Gasteiger partial charge is 0.185 e. The molecule has 0 atom stereocenters. The summed E-state index contributed by atoms with van der Waals surface area (Å²) in [5, 5.41) is 0. The topological polar surface area (TPSA) is 60.2 Å². The second-order valence-corrected chi connectivity index (χ2v) is 8.29. The first-order valence-corrected chi connectivity index (χ1v) is 9.04. The Balaban J connectivity index is 2.32. The van der Waals surface area contributed by atoms with Crippen molar-refractivity contribution in [3.05, 3.63) is 44.6 Å². The van der Waals surface area contributed by atoms with Crippen LogP contribution in [-0.4, -0.2) is 8.42 Å². The summed E-state index contributed by atoms with van der Waals surface area (Å²) in [7, 11) is -3.39. The van der Waals surface area contributed by atoms with Gasteiger partial charge >= 0.3 is 0 Å². The zero-order chi connectivity index (χ0) is 14.0. The van der Waals surface area contributed by atoms with E-state index in [4.69, 9.17) is 5.73 Å². The Bertz CT molecular complexity index is 692. The van der Waals surface area contributed by atoms with Crippen LogP contribution in [0.3, 0.4) is 0 Å². The molecule has 3 nitrogen and oxygen atoms in total. The largest absolute Gasteiger partial charge is 0.398 e. The SMILES string of the molecule is CCc1ccc(CS(=O)(=O)c2ccc(Br)cc2N)s1. The summed E-state index contributed by atoms with van der Waals surface area (Å²) in [5.74, 6) is 0.00347. The fraction of sp³-hybridized carbons (Fsp3) is 0.231. The number of aryl methyl sites for hydroxylation is 1. The van der Waals surface area contributed by atoms with E-state index < -0.39 is 9.84 Å². The highest BCUT2D eigenvalue weighted by atomic mass is 79.9. The molecule has 1 aromatic carbocycles. The van der Waals surface area contributed by atoms with E-state index >= 15 is 0 Å². The Morgan fingerprint density at radius 1 is 1.21 bits per heavy atom. The van der Waals surface area contributed by atoms with Gasteiger partial charge in [-0.05, 0) is 36.8 Å². The average Bonchev–Trinajstić information content (AvgIpc) is 2.75. The molecule has 0 bridgehead atoms. The first-order valence-electron chi connectivity index (χ1n) is 5.77. The van der Waals surface area contributed by atoms with Crippen molar-refractivity contribution in [2.75, 3.05) is 5.73 Å². The van der Waals surface area contributed by atoms with Gasteiger partial charge in [-0.15, -0.1) is 11.3 Å². The van der Waals surface area contributed by atoms with E-state index in [9.17, 15) is 8.42 Å². The Morgan fingerprint density at radius 3 is 2.47 bits per heavy atom. The minimum atomic E-state index is -3.39. The molecular weight excluding hydrogens is 346 g/mol. The molecule has 1 aromatic heterocycles. The molecule has 0 unspecified atom stereocenters. The van der Waals surface area contributed by atoms with Gasteiger partial charge in [0.25, 0.3) is 0 Å². The lowest BCUT2D eigenvalue weighted by atomic mass is 10.3. The number of hydrogen-bond donors (Lipinski definition) is 1. The number of sulfone groups is 1. The zero-order valence-electron chi connectivity index (χ0n) is 10.4. The van der Waals surface area contributed by atoms with Crippen molar-refractivity contribution in [3.63, 3.8) is 0 Å². The summed E-state index contributed by atoms with van der Waals surface area (Å²) < 4.78 is 25.5. The molecule has 0 radical (unpaired) electrons. The molecule has 0 aliphatic rings. The number of nitrogens with two attached hydrogens (primary N) is 1. The Hall–Kier alpha value is -0.850. The molecule has 0 aliphatic heterocycles. The third-order valence-electron chi connectivity index (χ3n) is 2.70. The van der Waals surface area contributed by atoms with E-state index in [0.29, 0.717) is 0 Å². The molecule has 102 valence electrons. The van der Waals surface area contributed by atoms with Crippen LogP contribution in [0.4, 0.5) is 5.69 Å². The van der Waals surface area contributed by atoms with Crippen LogP contribution >= 0.6 is 27.3 Å². The van der Waals surface area contributed by atoms with Crippen molar-refractivity contribution >= 4 is 42.8 Å². The Kier molecular flexibility index (Phi) is 4.32. The summed E-state index contributed by atoms with van der Waals surface area (Å²) in [4.78, 5) is 2.23. The van der Waals surface area contributed by atoms with Gasteiger partial charge in [0.05, 0.1) is 16.3 Å². The van der Waals surface area contributed by atoms with Gasteiger partial charge in [0.15, 0.2) is 9.84 Å². The summed E-state index contributed by atoms with van der Waals surface area (Å²) >= 11 is 4.80. The molecule has 0 saturated heterocycles. The molecule has 19 heavy (non-hydrogen) atoms. The number of halogens is 1. The molecule has 6 heteroatoms. The van der Waals surface area contributed by atoms with Crippen LogP contribution in [0.2, 0.25) is 0 Å². The Labute approximate surface area is 125 Å². The van der Waals surface area contributed by atoms with Crippen molar-refractivity contribution in [2.45, 2.75) is 24.0 Å². The van der Waals surface area contributed by atoms with E-state index in [1.165, 1.54) is 16.2 Å². The van der Waals surface area contributed by atoms with Crippen molar-refractivity contribution in [1.82, 2.24) is 0 Å². The maximum absolute atomic E-state index is 12.3.